The summed E-state index contributed by atoms with van der Waals surface area (Å²) in [6.45, 7) is 5.15. The standard InChI is InChI=1S/C34H38N2O6/c1-6-41-26-15-11-22(12-16-26)19-24-9-8-10-28-31(24)35-36(32(28)23-13-17-27(18-14-23)42-7-2)34(37)25-20-29(38-3)33(40-5)30(21-25)39-4/h11-21,28,32H,6-10H2,1-5H3/b24-19-. The Bertz CT molecular complexity index is 1440. The maximum Gasteiger partial charge on any atom is 0.274 e. The van der Waals surface area contributed by atoms with Crippen molar-refractivity contribution >= 4 is 17.7 Å². The van der Waals surface area contributed by atoms with Crippen LogP contribution in [-0.2, 0) is 0 Å². The second-order valence-electron chi connectivity index (χ2n) is 10.2. The maximum atomic E-state index is 14.3. The number of carbonyl (C=O) groups excluding carboxylic acids is 1. The second kappa shape index (κ2) is 13.0. The molecule has 2 atom stereocenters. The molecule has 1 amide bonds. The largest absolute Gasteiger partial charge is 0.494 e. The fourth-order valence-corrected chi connectivity index (χ4v) is 5.79. The summed E-state index contributed by atoms with van der Waals surface area (Å²) in [5.74, 6) is 2.71. The van der Waals surface area contributed by atoms with Gasteiger partial charge < -0.3 is 23.7 Å². The summed E-state index contributed by atoms with van der Waals surface area (Å²) >= 11 is 0. The van der Waals surface area contributed by atoms with Crippen molar-refractivity contribution in [1.82, 2.24) is 5.01 Å². The lowest BCUT2D eigenvalue weighted by atomic mass is 9.77. The predicted molar refractivity (Wildman–Crippen MR) is 163 cm³/mol. The molecule has 3 aromatic rings. The van der Waals surface area contributed by atoms with Crippen LogP contribution in [-0.4, -0.2) is 51.2 Å². The monoisotopic (exact) mass is 570 g/mol. The van der Waals surface area contributed by atoms with Crippen LogP contribution in [0, 0.1) is 5.92 Å². The molecule has 42 heavy (non-hydrogen) atoms. The molecule has 0 saturated heterocycles. The summed E-state index contributed by atoms with van der Waals surface area (Å²) in [6, 6.07) is 19.1. The molecule has 0 spiro atoms. The number of ether oxygens (including phenoxy) is 5. The van der Waals surface area contributed by atoms with Crippen LogP contribution in [0.3, 0.4) is 0 Å². The van der Waals surface area contributed by atoms with Gasteiger partial charge in [-0.3, -0.25) is 4.79 Å². The number of amides is 1. The van der Waals surface area contributed by atoms with Gasteiger partial charge in [-0.1, -0.05) is 24.3 Å². The molecular weight excluding hydrogens is 532 g/mol. The highest BCUT2D eigenvalue weighted by atomic mass is 16.5. The van der Waals surface area contributed by atoms with Crippen LogP contribution in [0.15, 0.2) is 71.3 Å². The Kier molecular flexibility index (Phi) is 9.00. The van der Waals surface area contributed by atoms with Gasteiger partial charge in [-0.15, -0.1) is 0 Å². The minimum Gasteiger partial charge on any atom is -0.494 e. The number of nitrogens with zero attached hydrogens (tertiary/aromatic N) is 2. The number of methoxy groups -OCH3 is 3. The van der Waals surface area contributed by atoms with Gasteiger partial charge in [-0.25, -0.2) is 5.01 Å². The Balaban J connectivity index is 1.57. The van der Waals surface area contributed by atoms with E-state index in [9.17, 15) is 4.79 Å². The van der Waals surface area contributed by atoms with E-state index >= 15 is 0 Å². The summed E-state index contributed by atoms with van der Waals surface area (Å²) < 4.78 is 27.9. The number of benzene rings is 3. The third-order valence-corrected chi connectivity index (χ3v) is 7.69. The van der Waals surface area contributed by atoms with Crippen molar-refractivity contribution in [3.8, 4) is 28.7 Å². The Morgan fingerprint density at radius 3 is 2.02 bits per heavy atom. The third-order valence-electron chi connectivity index (χ3n) is 7.69. The van der Waals surface area contributed by atoms with Gasteiger partial charge >= 0.3 is 0 Å². The highest BCUT2D eigenvalue weighted by molar-refractivity contribution is 6.09. The number of hydrogen-bond acceptors (Lipinski definition) is 7. The summed E-state index contributed by atoms with van der Waals surface area (Å²) in [6.07, 6.45) is 5.01. The van der Waals surface area contributed by atoms with Crippen LogP contribution in [0.25, 0.3) is 6.08 Å². The number of carbonyl (C=O) groups is 1. The molecule has 5 rings (SSSR count). The molecule has 0 bridgehead atoms. The Morgan fingerprint density at radius 1 is 0.881 bits per heavy atom. The summed E-state index contributed by atoms with van der Waals surface area (Å²) in [5, 5.41) is 6.68. The normalized spacial score (nSPS) is 18.7. The van der Waals surface area contributed by atoms with Crippen LogP contribution in [0.5, 0.6) is 28.7 Å². The number of fused-ring (bicyclic) bond motifs is 1. The van der Waals surface area contributed by atoms with Crippen molar-refractivity contribution in [2.45, 2.75) is 39.2 Å². The summed E-state index contributed by atoms with van der Waals surface area (Å²) in [7, 11) is 4.62. The highest BCUT2D eigenvalue weighted by Crippen LogP contribution is 2.46. The molecule has 0 radical (unpaired) electrons. The molecule has 1 saturated carbocycles. The van der Waals surface area contributed by atoms with Gasteiger partial charge in [0.15, 0.2) is 11.5 Å². The molecule has 2 aliphatic rings. The quantitative estimate of drug-likeness (QED) is 0.263. The van der Waals surface area contributed by atoms with E-state index in [-0.39, 0.29) is 17.9 Å². The van der Waals surface area contributed by atoms with Gasteiger partial charge in [0, 0.05) is 11.5 Å². The molecule has 1 aliphatic carbocycles. The molecule has 220 valence electrons. The topological polar surface area (TPSA) is 78.8 Å². The van der Waals surface area contributed by atoms with Gasteiger partial charge in [-0.2, -0.15) is 5.10 Å². The van der Waals surface area contributed by atoms with Gasteiger partial charge in [0.2, 0.25) is 5.75 Å². The maximum absolute atomic E-state index is 14.3. The molecule has 0 N–H and O–H groups in total. The van der Waals surface area contributed by atoms with Crippen molar-refractivity contribution in [2.24, 2.45) is 11.0 Å². The molecule has 3 aromatic carbocycles. The first-order valence-electron chi connectivity index (χ1n) is 14.4. The van der Waals surface area contributed by atoms with Crippen LogP contribution in [0.2, 0.25) is 0 Å². The van der Waals surface area contributed by atoms with E-state index < -0.39 is 0 Å². The zero-order valence-corrected chi connectivity index (χ0v) is 24.9. The van der Waals surface area contributed by atoms with Crippen molar-refractivity contribution < 1.29 is 28.5 Å². The Hall–Kier alpha value is -4.46. The fourth-order valence-electron chi connectivity index (χ4n) is 5.79. The summed E-state index contributed by atoms with van der Waals surface area (Å²) in [4.78, 5) is 14.3. The van der Waals surface area contributed by atoms with Crippen molar-refractivity contribution in [3.63, 3.8) is 0 Å². The molecule has 2 unspecified atom stereocenters. The van der Waals surface area contributed by atoms with E-state index in [1.165, 1.54) is 14.2 Å². The van der Waals surface area contributed by atoms with Crippen LogP contribution in [0.1, 0.15) is 60.6 Å². The average molecular weight is 571 g/mol. The second-order valence-corrected chi connectivity index (χ2v) is 10.2. The molecule has 8 heteroatoms. The first kappa shape index (κ1) is 29.0. The highest BCUT2D eigenvalue weighted by Gasteiger charge is 2.44. The van der Waals surface area contributed by atoms with Crippen LogP contribution >= 0.6 is 0 Å². The molecule has 0 aromatic heterocycles. The number of allylic oxidation sites excluding steroid dienone is 1. The smallest absolute Gasteiger partial charge is 0.274 e. The van der Waals surface area contributed by atoms with E-state index in [2.05, 4.69) is 18.2 Å². The fraction of sp³-hybridized carbons (Fsp3) is 0.353. The lowest BCUT2D eigenvalue weighted by Crippen LogP contribution is -2.32. The van der Waals surface area contributed by atoms with Gasteiger partial charge in [-0.05, 0) is 92.3 Å². The lowest BCUT2D eigenvalue weighted by Gasteiger charge is -2.30. The molecule has 1 heterocycles. The van der Waals surface area contributed by atoms with Gasteiger partial charge in [0.25, 0.3) is 5.91 Å². The zero-order chi connectivity index (χ0) is 29.6. The van der Waals surface area contributed by atoms with Gasteiger partial charge in [0.05, 0.1) is 46.3 Å². The average Bonchev–Trinajstić information content (AvgIpc) is 3.42. The van der Waals surface area contributed by atoms with E-state index in [0.29, 0.717) is 36.0 Å². The lowest BCUT2D eigenvalue weighted by molar-refractivity contribution is 0.0680. The number of hydrazone groups is 1. The Labute approximate surface area is 247 Å². The van der Waals surface area contributed by atoms with Crippen molar-refractivity contribution in [2.75, 3.05) is 34.5 Å². The van der Waals surface area contributed by atoms with E-state index in [0.717, 1.165) is 53.2 Å². The first-order chi connectivity index (χ1) is 20.5. The van der Waals surface area contributed by atoms with E-state index in [1.807, 2.05) is 50.2 Å². The number of rotatable bonds is 10. The van der Waals surface area contributed by atoms with Crippen LogP contribution in [0.4, 0.5) is 0 Å². The van der Waals surface area contributed by atoms with Crippen molar-refractivity contribution in [3.05, 3.63) is 82.9 Å². The minimum absolute atomic E-state index is 0.0524. The minimum atomic E-state index is -0.272. The number of hydrogen-bond donors (Lipinski definition) is 0. The molecular formula is C34H38N2O6. The zero-order valence-electron chi connectivity index (χ0n) is 24.9. The van der Waals surface area contributed by atoms with E-state index in [4.69, 9.17) is 28.8 Å². The van der Waals surface area contributed by atoms with Crippen molar-refractivity contribution in [1.29, 1.82) is 0 Å². The predicted octanol–water partition coefficient (Wildman–Crippen LogP) is 6.95. The van der Waals surface area contributed by atoms with Gasteiger partial charge in [0.1, 0.15) is 11.5 Å². The molecule has 1 fully saturated rings. The third kappa shape index (κ3) is 5.79. The molecule has 1 aliphatic heterocycles. The SMILES string of the molecule is CCOc1ccc(/C=C2/CCCC3C2=NN(C(=O)c2cc(OC)c(OC)c(OC)c2)C3c2ccc(OCC)cc2)cc1. The Morgan fingerprint density at radius 2 is 1.48 bits per heavy atom. The summed E-state index contributed by atoms with van der Waals surface area (Å²) in [5.41, 5.74) is 4.58. The first-order valence-corrected chi connectivity index (χ1v) is 14.4. The molecule has 8 nitrogen and oxygen atoms in total. The van der Waals surface area contributed by atoms with E-state index in [1.54, 1.807) is 24.3 Å². The van der Waals surface area contributed by atoms with Crippen LogP contribution < -0.4 is 23.7 Å².